The summed E-state index contributed by atoms with van der Waals surface area (Å²) in [6, 6.07) is 6.40. The van der Waals surface area contributed by atoms with Crippen molar-refractivity contribution in [3.8, 4) is 0 Å². The number of nitrogens with one attached hydrogen (secondary N) is 2. The van der Waals surface area contributed by atoms with Gasteiger partial charge in [0.2, 0.25) is 23.6 Å². The molecule has 3 heterocycles. The van der Waals surface area contributed by atoms with Crippen LogP contribution in [0, 0.1) is 11.8 Å². The Labute approximate surface area is 156 Å². The number of imide groups is 1. The Morgan fingerprint density at radius 2 is 1.85 bits per heavy atom. The van der Waals surface area contributed by atoms with E-state index < -0.39 is 40.8 Å². The van der Waals surface area contributed by atoms with E-state index in [0.717, 1.165) is 0 Å². The van der Waals surface area contributed by atoms with Gasteiger partial charge in [0.05, 0.1) is 11.8 Å². The first-order chi connectivity index (χ1) is 12.6. The van der Waals surface area contributed by atoms with Gasteiger partial charge in [-0.25, -0.2) is 0 Å². The quantitative estimate of drug-likeness (QED) is 0.637. The van der Waals surface area contributed by atoms with E-state index in [1.807, 2.05) is 0 Å². The minimum absolute atomic E-state index is 0.130. The second kappa shape index (κ2) is 5.39. The molecule has 142 valence electrons. The maximum absolute atomic E-state index is 13.4. The number of amides is 4. The first-order valence-electron chi connectivity index (χ1n) is 8.94. The highest BCUT2D eigenvalue weighted by Crippen LogP contribution is 2.54. The Balaban J connectivity index is 1.91. The zero-order valence-corrected chi connectivity index (χ0v) is 15.4. The number of nitrogens with zero attached hydrogens (tertiary/aromatic N) is 1. The number of rotatable bonds is 2. The van der Waals surface area contributed by atoms with Crippen molar-refractivity contribution in [3.05, 3.63) is 29.8 Å². The van der Waals surface area contributed by atoms with Crippen LogP contribution < -0.4 is 16.4 Å². The van der Waals surface area contributed by atoms with Gasteiger partial charge in [0.25, 0.3) is 0 Å². The number of hydrogen-bond donors (Lipinski definition) is 3. The lowest BCUT2D eigenvalue weighted by Gasteiger charge is -2.34. The lowest BCUT2D eigenvalue weighted by atomic mass is 9.76. The van der Waals surface area contributed by atoms with E-state index in [-0.39, 0.29) is 18.2 Å². The van der Waals surface area contributed by atoms with Crippen LogP contribution in [0.5, 0.6) is 0 Å². The predicted octanol–water partition coefficient (Wildman–Crippen LogP) is 0.0809. The number of primary amides is 1. The summed E-state index contributed by atoms with van der Waals surface area (Å²) in [4.78, 5) is 52.4. The van der Waals surface area contributed by atoms with E-state index >= 15 is 0 Å². The maximum atomic E-state index is 13.4. The summed E-state index contributed by atoms with van der Waals surface area (Å²) in [6.45, 7) is 5.32. The van der Waals surface area contributed by atoms with E-state index in [0.29, 0.717) is 11.3 Å². The Morgan fingerprint density at radius 1 is 1.19 bits per heavy atom. The van der Waals surface area contributed by atoms with E-state index in [4.69, 9.17) is 5.73 Å². The summed E-state index contributed by atoms with van der Waals surface area (Å²) in [5.41, 5.74) is 4.49. The van der Waals surface area contributed by atoms with Crippen molar-refractivity contribution in [3.63, 3.8) is 0 Å². The fraction of sp³-hybridized carbons (Fsp3) is 0.474. The third kappa shape index (κ3) is 2.19. The summed E-state index contributed by atoms with van der Waals surface area (Å²) in [6.07, 6.45) is -0.130. The minimum atomic E-state index is -1.38. The highest BCUT2D eigenvalue weighted by atomic mass is 16.2. The number of likely N-dealkylation sites (tertiary alicyclic amines) is 1. The molecule has 0 aromatic heterocycles. The van der Waals surface area contributed by atoms with Crippen LogP contribution in [0.15, 0.2) is 24.3 Å². The van der Waals surface area contributed by atoms with Crippen molar-refractivity contribution < 1.29 is 19.2 Å². The van der Waals surface area contributed by atoms with Crippen LogP contribution in [0.3, 0.4) is 0 Å². The fourth-order valence-electron chi connectivity index (χ4n) is 4.81. The predicted molar refractivity (Wildman–Crippen MR) is 96.1 cm³/mol. The fourth-order valence-corrected chi connectivity index (χ4v) is 4.81. The highest BCUT2D eigenvalue weighted by Gasteiger charge is 2.71. The van der Waals surface area contributed by atoms with E-state index in [1.54, 1.807) is 45.0 Å². The molecule has 4 N–H and O–H groups in total. The number of para-hydroxylation sites is 1. The highest BCUT2D eigenvalue weighted by molar-refractivity contribution is 6.15. The molecule has 8 heteroatoms. The lowest BCUT2D eigenvalue weighted by molar-refractivity contribution is -0.147. The molecule has 3 aliphatic heterocycles. The number of benzene rings is 1. The summed E-state index contributed by atoms with van der Waals surface area (Å²) in [5, 5.41) is 5.96. The van der Waals surface area contributed by atoms with Gasteiger partial charge in [-0.1, -0.05) is 18.2 Å². The van der Waals surface area contributed by atoms with E-state index in [1.165, 1.54) is 4.90 Å². The number of fused-ring (bicyclic) bond motifs is 4. The Hall–Kier alpha value is -2.74. The molecule has 4 rings (SSSR count). The van der Waals surface area contributed by atoms with Crippen LogP contribution in [0.1, 0.15) is 32.8 Å². The molecule has 2 fully saturated rings. The van der Waals surface area contributed by atoms with Crippen LogP contribution >= 0.6 is 0 Å². The average Bonchev–Trinajstić information content (AvgIpc) is 3.12. The molecule has 0 aliphatic carbocycles. The normalized spacial score (nSPS) is 32.0. The SMILES string of the molecule is CC(C)(C)N1C(=O)[C@@H]2[C@H](CC(N)=O)N[C@@]3(C(=O)Nc4ccccc43)[C@@H]2C1=O. The lowest BCUT2D eigenvalue weighted by Crippen LogP contribution is -2.56. The van der Waals surface area contributed by atoms with Gasteiger partial charge in [-0.3, -0.25) is 29.4 Å². The molecule has 8 nitrogen and oxygen atoms in total. The van der Waals surface area contributed by atoms with Crippen LogP contribution in [0.4, 0.5) is 5.69 Å². The van der Waals surface area contributed by atoms with Crippen LogP contribution in [0.25, 0.3) is 0 Å². The Kier molecular flexibility index (Phi) is 3.52. The molecule has 1 spiro atoms. The second-order valence-electron chi connectivity index (χ2n) is 8.42. The topological polar surface area (TPSA) is 122 Å². The van der Waals surface area contributed by atoms with Gasteiger partial charge < -0.3 is 11.1 Å². The van der Waals surface area contributed by atoms with Crippen LogP contribution in [0.2, 0.25) is 0 Å². The molecular formula is C19H22N4O4. The van der Waals surface area contributed by atoms with Crippen molar-refractivity contribution in [2.75, 3.05) is 5.32 Å². The largest absolute Gasteiger partial charge is 0.370 e. The monoisotopic (exact) mass is 370 g/mol. The standard InChI is InChI=1S/C19H22N4O4/c1-18(2,3)23-15(25)13-11(8-12(20)24)22-19(14(13)16(23)26)9-6-4-5-7-10(9)21-17(19)27/h4-7,11,13-14,22H,8H2,1-3H3,(H2,20,24)(H,21,27)/t11-,13+,14-,19+/m0/s1. The van der Waals surface area contributed by atoms with E-state index in [2.05, 4.69) is 10.6 Å². The van der Waals surface area contributed by atoms with E-state index in [9.17, 15) is 19.2 Å². The number of nitrogens with two attached hydrogens (primary N) is 1. The Morgan fingerprint density at radius 3 is 2.48 bits per heavy atom. The summed E-state index contributed by atoms with van der Waals surface area (Å²) >= 11 is 0. The van der Waals surface area contributed by atoms with Gasteiger partial charge in [-0.15, -0.1) is 0 Å². The first kappa shape index (κ1) is 17.7. The van der Waals surface area contributed by atoms with Crippen molar-refractivity contribution in [2.45, 2.75) is 44.3 Å². The van der Waals surface area contributed by atoms with Gasteiger partial charge >= 0.3 is 0 Å². The van der Waals surface area contributed by atoms with Gasteiger partial charge in [0.1, 0.15) is 5.54 Å². The molecule has 0 unspecified atom stereocenters. The van der Waals surface area contributed by atoms with Crippen molar-refractivity contribution in [1.29, 1.82) is 0 Å². The molecule has 4 atom stereocenters. The Bertz CT molecular complexity index is 890. The van der Waals surface area contributed by atoms with Crippen LogP contribution in [-0.2, 0) is 24.7 Å². The van der Waals surface area contributed by atoms with Crippen molar-refractivity contribution in [1.82, 2.24) is 10.2 Å². The summed E-state index contributed by atoms with van der Waals surface area (Å²) in [5.74, 6) is -3.49. The van der Waals surface area contributed by atoms with Crippen LogP contribution in [-0.4, -0.2) is 40.1 Å². The average molecular weight is 370 g/mol. The third-order valence-corrected chi connectivity index (χ3v) is 5.71. The van der Waals surface area contributed by atoms with Gasteiger partial charge in [0.15, 0.2) is 0 Å². The molecule has 0 saturated carbocycles. The molecule has 2 saturated heterocycles. The molecule has 1 aromatic rings. The minimum Gasteiger partial charge on any atom is -0.370 e. The van der Waals surface area contributed by atoms with Crippen molar-refractivity contribution >= 4 is 29.3 Å². The maximum Gasteiger partial charge on any atom is 0.250 e. The molecule has 3 aliphatic rings. The van der Waals surface area contributed by atoms with Gasteiger partial charge in [-0.2, -0.15) is 0 Å². The summed E-state index contributed by atoms with van der Waals surface area (Å²) in [7, 11) is 0. The molecule has 0 radical (unpaired) electrons. The number of carbonyl (C=O) groups excluding carboxylic acids is 4. The van der Waals surface area contributed by atoms with Gasteiger partial charge in [0, 0.05) is 29.3 Å². The summed E-state index contributed by atoms with van der Waals surface area (Å²) < 4.78 is 0. The molecule has 0 bridgehead atoms. The molecule has 1 aromatic carbocycles. The number of carbonyl (C=O) groups is 4. The molecule has 27 heavy (non-hydrogen) atoms. The molecule has 4 amide bonds. The third-order valence-electron chi connectivity index (χ3n) is 5.71. The van der Waals surface area contributed by atoms with Gasteiger partial charge in [-0.05, 0) is 26.8 Å². The second-order valence-corrected chi connectivity index (χ2v) is 8.42. The number of hydrogen-bond acceptors (Lipinski definition) is 5. The number of anilines is 1. The zero-order valence-electron chi connectivity index (χ0n) is 15.4. The van der Waals surface area contributed by atoms with Crippen molar-refractivity contribution in [2.24, 2.45) is 17.6 Å². The first-order valence-corrected chi connectivity index (χ1v) is 8.94. The zero-order chi connectivity index (χ0) is 19.7. The molecular weight excluding hydrogens is 348 g/mol. The smallest absolute Gasteiger partial charge is 0.250 e.